The number of rotatable bonds is 3. The molecule has 3 aliphatic heterocycles. The van der Waals surface area contributed by atoms with E-state index >= 15 is 0 Å². The second-order valence-electron chi connectivity index (χ2n) is 7.94. The third-order valence-electron chi connectivity index (χ3n) is 6.17. The summed E-state index contributed by atoms with van der Waals surface area (Å²) in [5.41, 5.74) is 15.4. The fourth-order valence-corrected chi connectivity index (χ4v) is 4.68. The Morgan fingerprint density at radius 3 is 2.93 bits per heavy atom. The monoisotopic (exact) mass is 365 g/mol. The topological polar surface area (TPSA) is 91.1 Å². The highest BCUT2D eigenvalue weighted by molar-refractivity contribution is 5.41. The zero-order valence-electron chi connectivity index (χ0n) is 15.4. The summed E-state index contributed by atoms with van der Waals surface area (Å²) in [6, 6.07) is 11.8. The summed E-state index contributed by atoms with van der Waals surface area (Å²) in [6.07, 6.45) is 5.90. The SMILES string of the molecule is N[C@H]1CCN(c2cccc(C3NNC4CNC(c5cccnc5)CC43)n2)C1. The zero-order valence-corrected chi connectivity index (χ0v) is 15.4. The van der Waals surface area contributed by atoms with Crippen LogP contribution in [0.1, 0.15) is 36.2 Å². The molecule has 5 N–H and O–H groups in total. The standard InChI is InChI=1S/C20H27N7/c21-14-6-8-27(12-14)19-5-1-4-16(24-19)20-15-9-17(13-3-2-7-22-10-13)23-11-18(15)25-26-20/h1-5,7,10,14-15,17-18,20,23,25-26H,6,8-9,11-12,21H2/t14-,15?,17?,18?,20?/m0/s1. The molecule has 5 atom stereocenters. The van der Waals surface area contributed by atoms with Crippen molar-refractivity contribution in [3.05, 3.63) is 54.0 Å². The number of nitrogens with two attached hydrogens (primary N) is 1. The molecule has 5 heterocycles. The fraction of sp³-hybridized carbons (Fsp3) is 0.500. The first-order valence-electron chi connectivity index (χ1n) is 9.90. The zero-order chi connectivity index (χ0) is 18.2. The van der Waals surface area contributed by atoms with Crippen LogP contribution in [0, 0.1) is 5.92 Å². The lowest BCUT2D eigenvalue weighted by atomic mass is 9.81. The molecule has 0 radical (unpaired) electrons. The van der Waals surface area contributed by atoms with E-state index in [4.69, 9.17) is 10.7 Å². The van der Waals surface area contributed by atoms with Gasteiger partial charge < -0.3 is 16.0 Å². The van der Waals surface area contributed by atoms with Gasteiger partial charge in [0.25, 0.3) is 0 Å². The summed E-state index contributed by atoms with van der Waals surface area (Å²) >= 11 is 0. The first kappa shape index (κ1) is 17.1. The molecule has 3 aliphatic rings. The largest absolute Gasteiger partial charge is 0.355 e. The number of anilines is 1. The van der Waals surface area contributed by atoms with Crippen LogP contribution in [-0.4, -0.2) is 41.7 Å². The van der Waals surface area contributed by atoms with Gasteiger partial charge in [-0.25, -0.2) is 10.4 Å². The number of hydrazine groups is 1. The number of piperidine rings is 1. The third-order valence-corrected chi connectivity index (χ3v) is 6.17. The number of hydrogen-bond acceptors (Lipinski definition) is 7. The Hall–Kier alpha value is -2.06. The normalized spacial score (nSPS) is 33.2. The molecular formula is C20H27N7. The molecule has 4 unspecified atom stereocenters. The predicted octanol–water partition coefficient (Wildman–Crippen LogP) is 0.882. The molecule has 0 spiro atoms. The minimum atomic E-state index is 0.215. The van der Waals surface area contributed by atoms with Crippen LogP contribution in [0.25, 0.3) is 0 Å². The van der Waals surface area contributed by atoms with Crippen LogP contribution >= 0.6 is 0 Å². The smallest absolute Gasteiger partial charge is 0.128 e. The molecule has 3 saturated heterocycles. The lowest BCUT2D eigenvalue weighted by Crippen LogP contribution is -2.46. The van der Waals surface area contributed by atoms with E-state index < -0.39 is 0 Å². The number of nitrogens with one attached hydrogen (secondary N) is 3. The van der Waals surface area contributed by atoms with Gasteiger partial charge in [0, 0.05) is 56.1 Å². The molecule has 0 aromatic carbocycles. The van der Waals surface area contributed by atoms with Gasteiger partial charge in [-0.15, -0.1) is 0 Å². The average molecular weight is 365 g/mol. The fourth-order valence-electron chi connectivity index (χ4n) is 4.68. The van der Waals surface area contributed by atoms with Gasteiger partial charge in [-0.3, -0.25) is 10.4 Å². The van der Waals surface area contributed by atoms with Gasteiger partial charge in [0.05, 0.1) is 11.7 Å². The molecule has 2 aromatic rings. The van der Waals surface area contributed by atoms with E-state index in [0.717, 1.165) is 44.0 Å². The van der Waals surface area contributed by atoms with E-state index in [1.807, 2.05) is 18.5 Å². The van der Waals surface area contributed by atoms with Crippen molar-refractivity contribution in [2.45, 2.75) is 37.0 Å². The van der Waals surface area contributed by atoms with E-state index in [1.165, 1.54) is 5.56 Å². The minimum absolute atomic E-state index is 0.215. The number of nitrogens with zero attached hydrogens (tertiary/aromatic N) is 3. The van der Waals surface area contributed by atoms with Crippen LogP contribution in [0.15, 0.2) is 42.7 Å². The first-order chi connectivity index (χ1) is 13.3. The van der Waals surface area contributed by atoms with E-state index in [2.05, 4.69) is 50.3 Å². The number of fused-ring (bicyclic) bond motifs is 1. The van der Waals surface area contributed by atoms with Gasteiger partial charge in [-0.05, 0) is 36.6 Å². The quantitative estimate of drug-likeness (QED) is 0.642. The Morgan fingerprint density at radius 1 is 1.15 bits per heavy atom. The van der Waals surface area contributed by atoms with Crippen LogP contribution in [0.3, 0.4) is 0 Å². The molecule has 2 aromatic heterocycles. The lowest BCUT2D eigenvalue weighted by molar-refractivity contribution is 0.265. The average Bonchev–Trinajstić information content (AvgIpc) is 3.34. The number of hydrogen-bond donors (Lipinski definition) is 4. The van der Waals surface area contributed by atoms with Crippen molar-refractivity contribution in [2.75, 3.05) is 24.5 Å². The predicted molar refractivity (Wildman–Crippen MR) is 105 cm³/mol. The maximum absolute atomic E-state index is 6.08. The maximum atomic E-state index is 6.08. The highest BCUT2D eigenvalue weighted by Gasteiger charge is 2.42. The van der Waals surface area contributed by atoms with Gasteiger partial charge >= 0.3 is 0 Å². The molecule has 5 rings (SSSR count). The Morgan fingerprint density at radius 2 is 2.11 bits per heavy atom. The molecule has 0 bridgehead atoms. The van der Waals surface area contributed by atoms with Crippen molar-refractivity contribution in [1.29, 1.82) is 0 Å². The van der Waals surface area contributed by atoms with Gasteiger partial charge in [0.1, 0.15) is 5.82 Å². The number of aromatic nitrogens is 2. The first-order valence-corrected chi connectivity index (χ1v) is 9.90. The molecule has 27 heavy (non-hydrogen) atoms. The Balaban J connectivity index is 1.36. The van der Waals surface area contributed by atoms with Crippen molar-refractivity contribution in [3.63, 3.8) is 0 Å². The van der Waals surface area contributed by atoms with Crippen LogP contribution in [0.2, 0.25) is 0 Å². The summed E-state index contributed by atoms with van der Waals surface area (Å²) in [5, 5.41) is 3.65. The summed E-state index contributed by atoms with van der Waals surface area (Å²) < 4.78 is 0. The second-order valence-corrected chi connectivity index (χ2v) is 7.94. The molecule has 3 fully saturated rings. The molecule has 7 heteroatoms. The van der Waals surface area contributed by atoms with Gasteiger partial charge in [0.15, 0.2) is 0 Å². The van der Waals surface area contributed by atoms with Crippen molar-refractivity contribution >= 4 is 5.82 Å². The Kier molecular flexibility index (Phi) is 4.53. The molecular weight excluding hydrogens is 338 g/mol. The highest BCUT2D eigenvalue weighted by Crippen LogP contribution is 2.38. The van der Waals surface area contributed by atoms with Crippen molar-refractivity contribution < 1.29 is 0 Å². The second kappa shape index (κ2) is 7.16. The lowest BCUT2D eigenvalue weighted by Gasteiger charge is -2.34. The maximum Gasteiger partial charge on any atom is 0.128 e. The van der Waals surface area contributed by atoms with Crippen LogP contribution in [0.4, 0.5) is 5.82 Å². The highest BCUT2D eigenvalue weighted by atomic mass is 15.4. The van der Waals surface area contributed by atoms with Gasteiger partial charge in [-0.2, -0.15) is 0 Å². The van der Waals surface area contributed by atoms with E-state index in [0.29, 0.717) is 18.0 Å². The molecule has 142 valence electrons. The van der Waals surface area contributed by atoms with Crippen molar-refractivity contribution in [1.82, 2.24) is 26.1 Å². The summed E-state index contributed by atoms with van der Waals surface area (Å²) in [5.74, 6) is 1.53. The summed E-state index contributed by atoms with van der Waals surface area (Å²) in [7, 11) is 0. The molecule has 0 amide bonds. The van der Waals surface area contributed by atoms with Crippen molar-refractivity contribution in [3.8, 4) is 0 Å². The van der Waals surface area contributed by atoms with Crippen LogP contribution in [-0.2, 0) is 0 Å². The minimum Gasteiger partial charge on any atom is -0.355 e. The Labute approximate surface area is 159 Å². The summed E-state index contributed by atoms with van der Waals surface area (Å²) in [4.78, 5) is 11.6. The Bertz CT molecular complexity index is 783. The number of pyridine rings is 2. The summed E-state index contributed by atoms with van der Waals surface area (Å²) in [6.45, 7) is 2.83. The van der Waals surface area contributed by atoms with E-state index in [-0.39, 0.29) is 12.1 Å². The molecule has 0 saturated carbocycles. The third kappa shape index (κ3) is 3.32. The van der Waals surface area contributed by atoms with Crippen LogP contribution in [0.5, 0.6) is 0 Å². The van der Waals surface area contributed by atoms with Gasteiger partial charge in [-0.1, -0.05) is 12.1 Å². The molecule has 7 nitrogen and oxygen atoms in total. The van der Waals surface area contributed by atoms with Crippen molar-refractivity contribution in [2.24, 2.45) is 11.7 Å². The van der Waals surface area contributed by atoms with E-state index in [9.17, 15) is 0 Å². The van der Waals surface area contributed by atoms with Gasteiger partial charge in [0.2, 0.25) is 0 Å². The van der Waals surface area contributed by atoms with E-state index in [1.54, 1.807) is 0 Å². The van der Waals surface area contributed by atoms with Crippen LogP contribution < -0.4 is 26.8 Å². The molecule has 0 aliphatic carbocycles.